The molecule has 2 fully saturated rings. The maximum atomic E-state index is 5.83. The first-order valence-electron chi connectivity index (χ1n) is 8.77. The Balaban J connectivity index is 1.29. The average Bonchev–Trinajstić information content (AvgIpc) is 3.31. The molecule has 0 amide bonds. The number of benzene rings is 1. The van der Waals surface area contributed by atoms with Crippen molar-refractivity contribution >= 4 is 11.3 Å². The van der Waals surface area contributed by atoms with E-state index in [9.17, 15) is 0 Å². The number of nitrogens with zero attached hydrogens (tertiary/aromatic N) is 2. The van der Waals surface area contributed by atoms with Gasteiger partial charge in [-0.15, -0.1) is 11.3 Å². The number of likely N-dealkylation sites (tertiary alicyclic amines) is 1. The lowest BCUT2D eigenvalue weighted by Gasteiger charge is -2.22. The highest BCUT2D eigenvalue weighted by atomic mass is 32.1. The van der Waals surface area contributed by atoms with Gasteiger partial charge in [0.25, 0.3) is 0 Å². The molecule has 4 nitrogen and oxygen atoms in total. The van der Waals surface area contributed by atoms with E-state index in [1.807, 2.05) is 6.92 Å². The van der Waals surface area contributed by atoms with Crippen LogP contribution in [0.3, 0.4) is 0 Å². The molecule has 1 spiro atoms. The van der Waals surface area contributed by atoms with Gasteiger partial charge in [-0.05, 0) is 56.0 Å². The van der Waals surface area contributed by atoms with Gasteiger partial charge in [0.15, 0.2) is 0 Å². The molecule has 3 heterocycles. The number of thiazole rings is 1. The lowest BCUT2D eigenvalue weighted by Crippen LogP contribution is -2.28. The summed E-state index contributed by atoms with van der Waals surface area (Å²) in [4.78, 5) is 7.03. The molecule has 24 heavy (non-hydrogen) atoms. The highest BCUT2D eigenvalue weighted by Crippen LogP contribution is 2.36. The highest BCUT2D eigenvalue weighted by molar-refractivity contribution is 7.09. The number of aromatic nitrogens is 1. The maximum absolute atomic E-state index is 5.83. The summed E-state index contributed by atoms with van der Waals surface area (Å²) < 4.78 is 5.83. The minimum Gasteiger partial charge on any atom is -0.487 e. The van der Waals surface area contributed by atoms with Crippen molar-refractivity contribution in [3.05, 3.63) is 45.9 Å². The lowest BCUT2D eigenvalue weighted by molar-refractivity contribution is 0.268. The van der Waals surface area contributed by atoms with Gasteiger partial charge < -0.3 is 10.1 Å². The third-order valence-electron chi connectivity index (χ3n) is 5.23. The van der Waals surface area contributed by atoms with E-state index in [1.165, 1.54) is 44.6 Å². The summed E-state index contributed by atoms with van der Waals surface area (Å²) in [7, 11) is 0. The SMILES string of the molecule is Cc1nc(COc2ccc(CN3CCC4(CCNC4)C3)cc2)cs1. The smallest absolute Gasteiger partial charge is 0.131 e. The van der Waals surface area contributed by atoms with E-state index in [1.54, 1.807) is 11.3 Å². The molecule has 2 saturated heterocycles. The minimum atomic E-state index is 0.547. The van der Waals surface area contributed by atoms with E-state index in [0.29, 0.717) is 12.0 Å². The fraction of sp³-hybridized carbons (Fsp3) is 0.526. The quantitative estimate of drug-likeness (QED) is 0.904. The first-order valence-corrected chi connectivity index (χ1v) is 9.65. The normalized spacial score (nSPS) is 24.0. The van der Waals surface area contributed by atoms with Crippen LogP contribution < -0.4 is 10.1 Å². The van der Waals surface area contributed by atoms with Gasteiger partial charge in [0.05, 0.1) is 10.7 Å². The fourth-order valence-electron chi connectivity index (χ4n) is 3.89. The molecular formula is C19H25N3OS. The lowest BCUT2D eigenvalue weighted by atomic mass is 9.86. The van der Waals surface area contributed by atoms with Crippen LogP contribution in [0.4, 0.5) is 0 Å². The van der Waals surface area contributed by atoms with Crippen LogP contribution in [0, 0.1) is 12.3 Å². The van der Waals surface area contributed by atoms with Crippen LogP contribution in [0.1, 0.15) is 29.1 Å². The maximum Gasteiger partial charge on any atom is 0.131 e. The standard InChI is InChI=1S/C19H25N3OS/c1-15-21-17(12-24-15)11-23-18-4-2-16(3-5-18)10-22-9-7-19(14-22)6-8-20-13-19/h2-5,12,20H,6-11,13-14H2,1H3. The van der Waals surface area contributed by atoms with Gasteiger partial charge >= 0.3 is 0 Å². The van der Waals surface area contributed by atoms with E-state index in [-0.39, 0.29) is 0 Å². The molecule has 0 radical (unpaired) electrons. The summed E-state index contributed by atoms with van der Waals surface area (Å²) in [5.41, 5.74) is 2.93. The summed E-state index contributed by atoms with van der Waals surface area (Å²) in [5.74, 6) is 0.919. The zero-order valence-electron chi connectivity index (χ0n) is 14.3. The van der Waals surface area contributed by atoms with E-state index < -0.39 is 0 Å². The van der Waals surface area contributed by atoms with Gasteiger partial charge in [-0.3, -0.25) is 4.90 Å². The van der Waals surface area contributed by atoms with Gasteiger partial charge in [0, 0.05) is 25.0 Å². The number of aryl methyl sites for hydroxylation is 1. The second kappa shape index (κ2) is 6.82. The number of ether oxygens (including phenoxy) is 1. The van der Waals surface area contributed by atoms with E-state index in [2.05, 4.69) is 44.8 Å². The van der Waals surface area contributed by atoms with Crippen molar-refractivity contribution in [3.63, 3.8) is 0 Å². The van der Waals surface area contributed by atoms with Crippen molar-refractivity contribution in [1.29, 1.82) is 0 Å². The van der Waals surface area contributed by atoms with Gasteiger partial charge in [-0.2, -0.15) is 0 Å². The van der Waals surface area contributed by atoms with Crippen molar-refractivity contribution in [1.82, 2.24) is 15.2 Å². The van der Waals surface area contributed by atoms with Crippen molar-refractivity contribution in [2.24, 2.45) is 5.41 Å². The summed E-state index contributed by atoms with van der Waals surface area (Å²) in [5, 5.41) is 6.68. The zero-order chi connectivity index (χ0) is 16.4. The summed E-state index contributed by atoms with van der Waals surface area (Å²) in [6.07, 6.45) is 2.68. The topological polar surface area (TPSA) is 37.4 Å². The number of rotatable bonds is 5. The molecule has 0 bridgehead atoms. The molecule has 0 aliphatic carbocycles. The third kappa shape index (κ3) is 3.63. The molecule has 1 aromatic carbocycles. The molecule has 1 aromatic heterocycles. The van der Waals surface area contributed by atoms with Crippen LogP contribution >= 0.6 is 11.3 Å². The second-order valence-electron chi connectivity index (χ2n) is 7.18. The molecule has 1 unspecified atom stereocenters. The molecule has 2 aliphatic rings. The van der Waals surface area contributed by atoms with Crippen LogP contribution in [0.2, 0.25) is 0 Å². The van der Waals surface area contributed by atoms with Crippen LogP contribution in [-0.4, -0.2) is 36.1 Å². The average molecular weight is 343 g/mol. The Morgan fingerprint density at radius 3 is 2.88 bits per heavy atom. The van der Waals surface area contributed by atoms with Crippen molar-refractivity contribution < 1.29 is 4.74 Å². The number of nitrogens with one attached hydrogen (secondary N) is 1. The first kappa shape index (κ1) is 16.1. The Bertz CT molecular complexity index is 676. The molecule has 2 aromatic rings. The Morgan fingerprint density at radius 1 is 1.29 bits per heavy atom. The molecule has 5 heteroatoms. The Kier molecular flexibility index (Phi) is 4.57. The predicted molar refractivity (Wildman–Crippen MR) is 97.4 cm³/mol. The minimum absolute atomic E-state index is 0.547. The van der Waals surface area contributed by atoms with Crippen molar-refractivity contribution in [2.45, 2.75) is 32.9 Å². The third-order valence-corrected chi connectivity index (χ3v) is 6.05. The Labute approximate surface area is 147 Å². The van der Waals surface area contributed by atoms with Crippen molar-refractivity contribution in [2.75, 3.05) is 26.2 Å². The largest absolute Gasteiger partial charge is 0.487 e. The molecule has 128 valence electrons. The summed E-state index contributed by atoms with van der Waals surface area (Å²) in [6.45, 7) is 8.47. The van der Waals surface area contributed by atoms with Crippen LogP contribution in [0.25, 0.3) is 0 Å². The van der Waals surface area contributed by atoms with Gasteiger partial charge in [-0.25, -0.2) is 4.98 Å². The predicted octanol–water partition coefficient (Wildman–Crippen LogP) is 3.22. The summed E-state index contributed by atoms with van der Waals surface area (Å²) >= 11 is 1.67. The molecule has 1 N–H and O–H groups in total. The van der Waals surface area contributed by atoms with E-state index in [0.717, 1.165) is 23.0 Å². The number of hydrogen-bond donors (Lipinski definition) is 1. The summed E-state index contributed by atoms with van der Waals surface area (Å²) in [6, 6.07) is 8.55. The Morgan fingerprint density at radius 2 is 2.17 bits per heavy atom. The Hall–Kier alpha value is -1.43. The molecular weight excluding hydrogens is 318 g/mol. The van der Waals surface area contributed by atoms with E-state index >= 15 is 0 Å². The fourth-order valence-corrected chi connectivity index (χ4v) is 4.48. The van der Waals surface area contributed by atoms with Gasteiger partial charge in [0.2, 0.25) is 0 Å². The number of hydrogen-bond acceptors (Lipinski definition) is 5. The van der Waals surface area contributed by atoms with E-state index in [4.69, 9.17) is 4.74 Å². The molecule has 2 aliphatic heterocycles. The van der Waals surface area contributed by atoms with Crippen molar-refractivity contribution in [3.8, 4) is 5.75 Å². The molecule has 4 rings (SSSR count). The highest BCUT2D eigenvalue weighted by Gasteiger charge is 2.39. The first-order chi connectivity index (χ1) is 11.7. The van der Waals surface area contributed by atoms with Crippen LogP contribution in [0.15, 0.2) is 29.6 Å². The van der Waals surface area contributed by atoms with Crippen LogP contribution in [0.5, 0.6) is 5.75 Å². The monoisotopic (exact) mass is 343 g/mol. The van der Waals surface area contributed by atoms with Crippen LogP contribution in [-0.2, 0) is 13.2 Å². The zero-order valence-corrected chi connectivity index (χ0v) is 15.1. The van der Waals surface area contributed by atoms with Gasteiger partial charge in [-0.1, -0.05) is 12.1 Å². The second-order valence-corrected chi connectivity index (χ2v) is 8.24. The molecule has 1 atom stereocenters. The molecule has 0 saturated carbocycles. The van der Waals surface area contributed by atoms with Gasteiger partial charge in [0.1, 0.15) is 12.4 Å².